The molecule has 0 saturated carbocycles. The summed E-state index contributed by atoms with van der Waals surface area (Å²) in [6.45, 7) is 6.36. The van der Waals surface area contributed by atoms with E-state index in [1.54, 1.807) is 0 Å². The van der Waals surface area contributed by atoms with Gasteiger partial charge in [0.2, 0.25) is 5.91 Å². The number of rotatable bonds is 49. The van der Waals surface area contributed by atoms with Gasteiger partial charge in [0.1, 0.15) is 6.10 Å². The van der Waals surface area contributed by atoms with Crippen molar-refractivity contribution in [2.45, 2.75) is 289 Å². The van der Waals surface area contributed by atoms with E-state index in [-0.39, 0.29) is 24.9 Å². The molecule has 1 amide bonds. The Hall–Kier alpha value is -2.44. The van der Waals surface area contributed by atoms with Crippen LogP contribution < -0.4 is 5.32 Å². The predicted molar refractivity (Wildman–Crippen MR) is 278 cm³/mol. The zero-order valence-corrected chi connectivity index (χ0v) is 42.4. The van der Waals surface area contributed by atoms with E-state index in [1.165, 1.54) is 128 Å². The van der Waals surface area contributed by atoms with Crippen LogP contribution in [0, 0.1) is 0 Å². The van der Waals surface area contributed by atoms with Crippen LogP contribution in [0.25, 0.3) is 0 Å². The molecule has 6 heteroatoms. The first-order valence-electron chi connectivity index (χ1n) is 27.5. The van der Waals surface area contributed by atoms with Crippen molar-refractivity contribution in [2.24, 2.45) is 0 Å². The van der Waals surface area contributed by atoms with Gasteiger partial charge in [0, 0.05) is 6.42 Å². The summed E-state index contributed by atoms with van der Waals surface area (Å²) in [6, 6.07) is -0.710. The van der Waals surface area contributed by atoms with Crippen LogP contribution in [-0.4, -0.2) is 46.9 Å². The average molecular weight is 896 g/mol. The van der Waals surface area contributed by atoms with Gasteiger partial charge in [0.25, 0.3) is 0 Å². The molecule has 0 aromatic heterocycles. The lowest BCUT2D eigenvalue weighted by atomic mass is 10.0. The van der Waals surface area contributed by atoms with Crippen LogP contribution in [0.4, 0.5) is 0 Å². The van der Waals surface area contributed by atoms with E-state index in [0.29, 0.717) is 19.3 Å². The normalized spacial score (nSPS) is 13.6. The second-order valence-electron chi connectivity index (χ2n) is 18.6. The second-order valence-corrected chi connectivity index (χ2v) is 18.6. The Balaban J connectivity index is 4.61. The first-order chi connectivity index (χ1) is 31.5. The van der Waals surface area contributed by atoms with Gasteiger partial charge in [0.05, 0.1) is 25.2 Å². The maximum atomic E-state index is 13.2. The summed E-state index contributed by atoms with van der Waals surface area (Å²) in [5.74, 6) is -0.497. The lowest BCUT2D eigenvalue weighted by Gasteiger charge is -2.24. The Kier molecular flexibility index (Phi) is 49.6. The highest BCUT2D eigenvalue weighted by Crippen LogP contribution is 2.18. The summed E-state index contributed by atoms with van der Waals surface area (Å²) in [7, 11) is 0. The Morgan fingerprint density at radius 1 is 0.469 bits per heavy atom. The Labute approximate surface area is 397 Å². The highest BCUT2D eigenvalue weighted by Gasteiger charge is 2.24. The van der Waals surface area contributed by atoms with Gasteiger partial charge in [-0.25, -0.2) is 0 Å². The number of carbonyl (C=O) groups excluding carboxylic acids is 2. The van der Waals surface area contributed by atoms with Crippen LogP contribution in [0.2, 0.25) is 0 Å². The van der Waals surface area contributed by atoms with Crippen LogP contribution in [-0.2, 0) is 14.3 Å². The van der Waals surface area contributed by atoms with E-state index in [2.05, 4.69) is 86.8 Å². The van der Waals surface area contributed by atoms with Crippen LogP contribution in [0.15, 0.2) is 60.8 Å². The van der Waals surface area contributed by atoms with Crippen molar-refractivity contribution < 1.29 is 24.5 Å². The van der Waals surface area contributed by atoms with E-state index in [1.807, 2.05) is 0 Å². The maximum absolute atomic E-state index is 13.2. The van der Waals surface area contributed by atoms with E-state index in [0.717, 1.165) is 96.3 Å². The SMILES string of the molecule is CC/C=C/C/C=C/C/C=C/CCCCCCCCC(=O)OC(CCCCCCC/C=C\C/C=C\CCCCC)CC(=O)NC(CO)C(O)CCCCCCCCCCCCCCCC. The summed E-state index contributed by atoms with van der Waals surface area (Å²) in [6.07, 6.45) is 64.2. The molecule has 6 nitrogen and oxygen atoms in total. The molecule has 0 rings (SSSR count). The number of nitrogens with one attached hydrogen (secondary N) is 1. The van der Waals surface area contributed by atoms with Gasteiger partial charge < -0.3 is 20.3 Å². The Morgan fingerprint density at radius 2 is 0.844 bits per heavy atom. The van der Waals surface area contributed by atoms with Crippen molar-refractivity contribution >= 4 is 11.9 Å². The zero-order chi connectivity index (χ0) is 46.7. The summed E-state index contributed by atoms with van der Waals surface area (Å²) in [4.78, 5) is 26.2. The Morgan fingerprint density at radius 3 is 1.31 bits per heavy atom. The lowest BCUT2D eigenvalue weighted by Crippen LogP contribution is -2.46. The molecule has 64 heavy (non-hydrogen) atoms. The van der Waals surface area contributed by atoms with Gasteiger partial charge in [-0.1, -0.05) is 229 Å². The average Bonchev–Trinajstić information content (AvgIpc) is 3.29. The summed E-state index contributed by atoms with van der Waals surface area (Å²) in [5, 5.41) is 23.8. The molecule has 0 fully saturated rings. The summed E-state index contributed by atoms with van der Waals surface area (Å²) < 4.78 is 5.94. The third-order valence-electron chi connectivity index (χ3n) is 12.3. The largest absolute Gasteiger partial charge is 0.462 e. The zero-order valence-electron chi connectivity index (χ0n) is 42.4. The van der Waals surface area contributed by atoms with Crippen molar-refractivity contribution in [1.29, 1.82) is 0 Å². The standard InChI is InChI=1S/C58H105NO5/c1-4-7-10-13-16-19-22-25-28-30-33-36-39-42-45-48-51-58(63)64-54(49-46-43-40-37-34-31-29-26-23-20-17-14-11-8-5-2)52-57(62)59-55(53-60)56(61)50-47-44-41-38-35-32-27-24-21-18-15-12-9-6-3/h7,10,16-17,19-20,25-26,28-29,54-56,60-61H,4-6,8-9,11-15,18,21-24,27,30-53H2,1-3H3,(H,59,62)/b10-7+,19-16+,20-17-,28-25+,29-26-. The van der Waals surface area contributed by atoms with E-state index >= 15 is 0 Å². The second kappa shape index (κ2) is 51.5. The minimum atomic E-state index is -0.795. The van der Waals surface area contributed by atoms with Crippen molar-refractivity contribution in [3.05, 3.63) is 60.8 Å². The van der Waals surface area contributed by atoms with Gasteiger partial charge in [-0.05, 0) is 89.9 Å². The van der Waals surface area contributed by atoms with E-state index in [4.69, 9.17) is 4.74 Å². The number of hydrogen-bond acceptors (Lipinski definition) is 5. The fraction of sp³-hybridized carbons (Fsp3) is 0.793. The maximum Gasteiger partial charge on any atom is 0.306 e. The topological polar surface area (TPSA) is 95.9 Å². The van der Waals surface area contributed by atoms with Gasteiger partial charge in [0.15, 0.2) is 0 Å². The fourth-order valence-corrected chi connectivity index (χ4v) is 8.18. The highest BCUT2D eigenvalue weighted by atomic mass is 16.5. The first-order valence-corrected chi connectivity index (χ1v) is 27.5. The number of allylic oxidation sites excluding steroid dienone is 10. The van der Waals surface area contributed by atoms with Crippen molar-refractivity contribution in [1.82, 2.24) is 5.32 Å². The van der Waals surface area contributed by atoms with Gasteiger partial charge in [-0.2, -0.15) is 0 Å². The van der Waals surface area contributed by atoms with Crippen molar-refractivity contribution in [2.75, 3.05) is 6.61 Å². The van der Waals surface area contributed by atoms with Crippen LogP contribution in [0.1, 0.15) is 271 Å². The molecule has 3 unspecified atom stereocenters. The highest BCUT2D eigenvalue weighted by molar-refractivity contribution is 5.77. The molecule has 0 aliphatic rings. The van der Waals surface area contributed by atoms with E-state index < -0.39 is 18.2 Å². The third kappa shape index (κ3) is 46.1. The molecule has 0 radical (unpaired) electrons. The number of hydrogen-bond donors (Lipinski definition) is 3. The molecule has 3 atom stereocenters. The van der Waals surface area contributed by atoms with Gasteiger partial charge in [-0.15, -0.1) is 0 Å². The molecule has 0 aromatic carbocycles. The molecule has 372 valence electrons. The number of esters is 1. The first kappa shape index (κ1) is 61.6. The summed E-state index contributed by atoms with van der Waals surface area (Å²) >= 11 is 0. The van der Waals surface area contributed by atoms with Gasteiger partial charge >= 0.3 is 5.97 Å². The molecule has 0 bridgehead atoms. The van der Waals surface area contributed by atoms with Crippen molar-refractivity contribution in [3.63, 3.8) is 0 Å². The number of unbranched alkanes of at least 4 members (excludes halogenated alkanes) is 27. The lowest BCUT2D eigenvalue weighted by molar-refractivity contribution is -0.151. The minimum absolute atomic E-state index is 0.0622. The number of carbonyl (C=O) groups is 2. The molecule has 0 saturated heterocycles. The number of ether oxygens (including phenoxy) is 1. The molecule has 0 aliphatic heterocycles. The molecule has 0 aromatic rings. The number of aliphatic hydroxyl groups excluding tert-OH is 2. The molecular formula is C58H105NO5. The molecular weight excluding hydrogens is 791 g/mol. The fourth-order valence-electron chi connectivity index (χ4n) is 8.18. The predicted octanol–water partition coefficient (Wildman–Crippen LogP) is 16.8. The van der Waals surface area contributed by atoms with Crippen LogP contribution in [0.5, 0.6) is 0 Å². The third-order valence-corrected chi connectivity index (χ3v) is 12.3. The molecule has 0 heterocycles. The number of aliphatic hydroxyl groups is 2. The van der Waals surface area contributed by atoms with E-state index in [9.17, 15) is 19.8 Å². The molecule has 0 spiro atoms. The molecule has 0 aliphatic carbocycles. The summed E-state index contributed by atoms with van der Waals surface area (Å²) in [5.41, 5.74) is 0. The minimum Gasteiger partial charge on any atom is -0.462 e. The van der Waals surface area contributed by atoms with Crippen LogP contribution >= 0.6 is 0 Å². The quantitative estimate of drug-likeness (QED) is 0.0321. The van der Waals surface area contributed by atoms with Crippen LogP contribution in [0.3, 0.4) is 0 Å². The number of amides is 1. The molecule has 3 N–H and O–H groups in total. The monoisotopic (exact) mass is 896 g/mol. The smallest absolute Gasteiger partial charge is 0.306 e. The van der Waals surface area contributed by atoms with Gasteiger partial charge in [-0.3, -0.25) is 9.59 Å². The Bertz CT molecular complexity index is 1140. The van der Waals surface area contributed by atoms with Crippen molar-refractivity contribution in [3.8, 4) is 0 Å².